The van der Waals surface area contributed by atoms with Crippen molar-refractivity contribution in [3.05, 3.63) is 35.4 Å². The van der Waals surface area contributed by atoms with E-state index in [9.17, 15) is 19.2 Å². The number of hydrogen-bond acceptors (Lipinski definition) is 5. The number of benzene rings is 1. The van der Waals surface area contributed by atoms with Gasteiger partial charge >= 0.3 is 0 Å². The summed E-state index contributed by atoms with van der Waals surface area (Å²) in [6, 6.07) is 5.22. The molecule has 202 valence electrons. The Kier molecular flexibility index (Phi) is 8.22. The third-order valence-corrected chi connectivity index (χ3v) is 8.28. The van der Waals surface area contributed by atoms with Crippen LogP contribution in [0.5, 0.6) is 0 Å². The summed E-state index contributed by atoms with van der Waals surface area (Å²) >= 11 is 0. The standard InChI is InChI=1S/C30H43N3O4/c1-18(2)15-23(32-28(36)20-11-13-21(14-12-20)30(3,4)5)29(37)33-24(16-22-26(33)25(34)17-31-22)27(35)19-9-7-6-8-10-19/h11-14,18-19,22-24,26,31H,6-10,15-17H2,1-5H3,(H,32,36). The van der Waals surface area contributed by atoms with Crippen LogP contribution in [0, 0.1) is 11.8 Å². The first-order chi connectivity index (χ1) is 17.5. The summed E-state index contributed by atoms with van der Waals surface area (Å²) in [5, 5.41) is 6.18. The van der Waals surface area contributed by atoms with Crippen LogP contribution in [0.1, 0.15) is 95.5 Å². The van der Waals surface area contributed by atoms with E-state index in [0.29, 0.717) is 18.4 Å². The normalized spacial score (nSPS) is 25.3. The predicted octanol–water partition coefficient (Wildman–Crippen LogP) is 3.79. The van der Waals surface area contributed by atoms with E-state index in [2.05, 4.69) is 31.4 Å². The fraction of sp³-hybridized carbons (Fsp3) is 0.667. The van der Waals surface area contributed by atoms with Crippen molar-refractivity contribution >= 4 is 23.4 Å². The summed E-state index contributed by atoms with van der Waals surface area (Å²) in [5.74, 6) is -0.509. The van der Waals surface area contributed by atoms with Gasteiger partial charge in [-0.2, -0.15) is 0 Å². The van der Waals surface area contributed by atoms with Crippen LogP contribution < -0.4 is 10.6 Å². The van der Waals surface area contributed by atoms with Crippen LogP contribution >= 0.6 is 0 Å². The Morgan fingerprint density at radius 1 is 1.05 bits per heavy atom. The van der Waals surface area contributed by atoms with Crippen molar-refractivity contribution in [3.8, 4) is 0 Å². The number of amides is 2. The zero-order valence-corrected chi connectivity index (χ0v) is 23.0. The van der Waals surface area contributed by atoms with E-state index in [1.807, 2.05) is 26.0 Å². The second kappa shape index (κ2) is 11.1. The zero-order valence-electron chi connectivity index (χ0n) is 23.0. The molecule has 7 nitrogen and oxygen atoms in total. The lowest BCUT2D eigenvalue weighted by molar-refractivity contribution is -0.145. The van der Waals surface area contributed by atoms with Gasteiger partial charge in [0.05, 0.1) is 12.6 Å². The number of carbonyl (C=O) groups is 4. The Morgan fingerprint density at radius 2 is 1.70 bits per heavy atom. The van der Waals surface area contributed by atoms with Gasteiger partial charge in [-0.25, -0.2) is 0 Å². The van der Waals surface area contributed by atoms with E-state index in [0.717, 1.165) is 37.7 Å². The minimum absolute atomic E-state index is 0.0286. The quantitative estimate of drug-likeness (QED) is 0.583. The molecule has 2 N–H and O–H groups in total. The highest BCUT2D eigenvalue weighted by Gasteiger charge is 2.54. The van der Waals surface area contributed by atoms with Gasteiger partial charge in [-0.1, -0.05) is 66.0 Å². The number of nitrogens with one attached hydrogen (secondary N) is 2. The summed E-state index contributed by atoms with van der Waals surface area (Å²) < 4.78 is 0. The molecule has 1 aromatic carbocycles. The molecule has 7 heteroatoms. The Hall–Kier alpha value is -2.54. The van der Waals surface area contributed by atoms with E-state index in [-0.39, 0.29) is 53.2 Å². The molecule has 4 rings (SSSR count). The fourth-order valence-electron chi connectivity index (χ4n) is 6.22. The van der Waals surface area contributed by atoms with Crippen molar-refractivity contribution in [2.24, 2.45) is 11.8 Å². The van der Waals surface area contributed by atoms with Gasteiger partial charge in [0.1, 0.15) is 12.1 Å². The Labute approximate surface area is 221 Å². The van der Waals surface area contributed by atoms with Crippen molar-refractivity contribution in [1.82, 2.24) is 15.5 Å². The first kappa shape index (κ1) is 27.5. The minimum atomic E-state index is -0.802. The van der Waals surface area contributed by atoms with Crippen LogP contribution in [0.25, 0.3) is 0 Å². The highest BCUT2D eigenvalue weighted by molar-refractivity contribution is 6.02. The molecule has 0 radical (unpaired) electrons. The van der Waals surface area contributed by atoms with Crippen LogP contribution in [0.3, 0.4) is 0 Å². The number of ketones is 2. The molecule has 0 bridgehead atoms. The molecule has 1 aliphatic carbocycles. The van der Waals surface area contributed by atoms with Crippen molar-refractivity contribution in [3.63, 3.8) is 0 Å². The zero-order chi connectivity index (χ0) is 26.9. The maximum atomic E-state index is 14.1. The molecular formula is C30H43N3O4. The smallest absolute Gasteiger partial charge is 0.251 e. The number of fused-ring (bicyclic) bond motifs is 1. The molecule has 2 aliphatic heterocycles. The van der Waals surface area contributed by atoms with E-state index in [4.69, 9.17) is 0 Å². The molecule has 37 heavy (non-hydrogen) atoms. The molecule has 3 aliphatic rings. The van der Waals surface area contributed by atoms with Gasteiger partial charge < -0.3 is 15.5 Å². The van der Waals surface area contributed by atoms with E-state index in [1.165, 1.54) is 0 Å². The molecule has 4 unspecified atom stereocenters. The highest BCUT2D eigenvalue weighted by Crippen LogP contribution is 2.35. The number of Topliss-reactive ketones (excluding diaryl/α,β-unsaturated/α-hetero) is 2. The number of nitrogens with zero attached hydrogens (tertiary/aromatic N) is 1. The topological polar surface area (TPSA) is 95.6 Å². The lowest BCUT2D eigenvalue weighted by atomic mass is 9.83. The number of hydrogen-bond donors (Lipinski definition) is 2. The van der Waals surface area contributed by atoms with E-state index < -0.39 is 18.1 Å². The average Bonchev–Trinajstić information content (AvgIpc) is 3.42. The Bertz CT molecular complexity index is 1020. The van der Waals surface area contributed by atoms with Gasteiger partial charge in [0.2, 0.25) is 5.91 Å². The number of rotatable bonds is 7. The van der Waals surface area contributed by atoms with Crippen LogP contribution in [0.2, 0.25) is 0 Å². The van der Waals surface area contributed by atoms with Crippen molar-refractivity contribution in [2.45, 2.75) is 109 Å². The second-order valence-electron chi connectivity index (χ2n) is 12.6. The predicted molar refractivity (Wildman–Crippen MR) is 143 cm³/mol. The molecule has 0 aromatic heterocycles. The molecule has 3 fully saturated rings. The van der Waals surface area contributed by atoms with Gasteiger partial charge in [0.25, 0.3) is 5.91 Å². The summed E-state index contributed by atoms with van der Waals surface area (Å²) in [6.45, 7) is 10.6. The van der Waals surface area contributed by atoms with Gasteiger partial charge in [-0.15, -0.1) is 0 Å². The molecule has 4 atom stereocenters. The third kappa shape index (κ3) is 5.97. The molecule has 2 heterocycles. The molecule has 1 saturated carbocycles. The summed E-state index contributed by atoms with van der Waals surface area (Å²) in [6.07, 6.45) is 5.80. The molecule has 2 saturated heterocycles. The van der Waals surface area contributed by atoms with Crippen LogP contribution in [0.4, 0.5) is 0 Å². The summed E-state index contributed by atoms with van der Waals surface area (Å²) in [4.78, 5) is 55.4. The first-order valence-corrected chi connectivity index (χ1v) is 14.0. The number of carbonyl (C=O) groups excluding carboxylic acids is 4. The average molecular weight is 510 g/mol. The maximum absolute atomic E-state index is 14.1. The third-order valence-electron chi connectivity index (χ3n) is 8.28. The number of likely N-dealkylation sites (tertiary alicyclic amines) is 1. The molecule has 1 aromatic rings. The van der Waals surface area contributed by atoms with E-state index >= 15 is 0 Å². The van der Waals surface area contributed by atoms with Crippen molar-refractivity contribution in [1.29, 1.82) is 0 Å². The van der Waals surface area contributed by atoms with Gasteiger partial charge in [0.15, 0.2) is 11.6 Å². The SMILES string of the molecule is CC(C)CC(NC(=O)c1ccc(C(C)(C)C)cc1)C(=O)N1C(C(=O)C2CCCCC2)CC2NCC(=O)C21. The van der Waals surface area contributed by atoms with Crippen LogP contribution in [-0.2, 0) is 19.8 Å². The molecular weight excluding hydrogens is 466 g/mol. The maximum Gasteiger partial charge on any atom is 0.251 e. The lowest BCUT2D eigenvalue weighted by Gasteiger charge is -2.34. The fourth-order valence-corrected chi connectivity index (χ4v) is 6.22. The summed E-state index contributed by atoms with van der Waals surface area (Å²) in [7, 11) is 0. The van der Waals surface area contributed by atoms with Crippen molar-refractivity contribution in [2.75, 3.05) is 6.54 Å². The van der Waals surface area contributed by atoms with Crippen LogP contribution in [-0.4, -0.2) is 59.0 Å². The lowest BCUT2D eigenvalue weighted by Crippen LogP contribution is -2.57. The Balaban J connectivity index is 1.58. The molecule has 2 amide bonds. The largest absolute Gasteiger partial charge is 0.340 e. The van der Waals surface area contributed by atoms with E-state index in [1.54, 1.807) is 17.0 Å². The van der Waals surface area contributed by atoms with Crippen molar-refractivity contribution < 1.29 is 19.2 Å². The van der Waals surface area contributed by atoms with Crippen LogP contribution in [0.15, 0.2) is 24.3 Å². The first-order valence-electron chi connectivity index (χ1n) is 14.0. The van der Waals surface area contributed by atoms with Gasteiger partial charge in [-0.3, -0.25) is 19.2 Å². The highest BCUT2D eigenvalue weighted by atomic mass is 16.2. The summed E-state index contributed by atoms with van der Waals surface area (Å²) in [5.41, 5.74) is 1.58. The van der Waals surface area contributed by atoms with Gasteiger partial charge in [-0.05, 0) is 54.7 Å². The second-order valence-corrected chi connectivity index (χ2v) is 12.6. The molecule has 0 spiro atoms. The Morgan fingerprint density at radius 3 is 2.30 bits per heavy atom. The monoisotopic (exact) mass is 509 g/mol. The van der Waals surface area contributed by atoms with Gasteiger partial charge in [0, 0.05) is 17.5 Å². The minimum Gasteiger partial charge on any atom is -0.340 e.